The molecule has 0 bridgehead atoms. The molecule has 1 heterocycles. The summed E-state index contributed by atoms with van der Waals surface area (Å²) >= 11 is 0. The quantitative estimate of drug-likeness (QED) is 0.563. The number of aliphatic carboxylic acids is 1. The largest absolute Gasteiger partial charge is 0.481 e. The number of hydrogen-bond donors (Lipinski definition) is 4. The third-order valence-corrected chi connectivity index (χ3v) is 3.12. The lowest BCUT2D eigenvalue weighted by Crippen LogP contribution is -2.42. The Morgan fingerprint density at radius 3 is 2.05 bits per heavy atom. The fraction of sp³-hybridized carbons (Fsp3) is 0.846. The number of carboxylic acids is 1. The molecule has 0 aromatic heterocycles. The first-order chi connectivity index (χ1) is 8.93. The first-order valence-corrected chi connectivity index (χ1v) is 6.87. The zero-order valence-corrected chi connectivity index (χ0v) is 11.8. The van der Waals surface area contributed by atoms with Crippen LogP contribution in [0, 0.1) is 5.92 Å². The summed E-state index contributed by atoms with van der Waals surface area (Å²) in [4.78, 5) is 20.9. The summed E-state index contributed by atoms with van der Waals surface area (Å²) in [6, 6.07) is -0.523. The van der Waals surface area contributed by atoms with Crippen LogP contribution in [0.25, 0.3) is 0 Å². The van der Waals surface area contributed by atoms with E-state index < -0.39 is 24.0 Å². The molecular formula is C13H26N2O4. The maximum Gasteiger partial charge on any atom is 0.306 e. The summed E-state index contributed by atoms with van der Waals surface area (Å²) in [5.41, 5.74) is 4.93. The molecule has 1 unspecified atom stereocenters. The maximum absolute atomic E-state index is 10.5. The molecule has 6 nitrogen and oxygen atoms in total. The molecule has 0 aliphatic carbocycles. The Morgan fingerprint density at radius 2 is 1.84 bits per heavy atom. The second kappa shape index (κ2) is 9.75. The highest BCUT2D eigenvalue weighted by atomic mass is 16.4. The fourth-order valence-corrected chi connectivity index (χ4v) is 2.07. The van der Waals surface area contributed by atoms with Gasteiger partial charge in [0.2, 0.25) is 5.91 Å². The Balaban J connectivity index is 0.000000342. The van der Waals surface area contributed by atoms with Crippen LogP contribution in [0.4, 0.5) is 0 Å². The molecule has 1 fully saturated rings. The van der Waals surface area contributed by atoms with E-state index in [2.05, 4.69) is 5.32 Å². The average Bonchev–Trinajstić information content (AvgIpc) is 2.76. The van der Waals surface area contributed by atoms with Crippen molar-refractivity contribution < 1.29 is 19.8 Å². The molecule has 0 aromatic carbocycles. The van der Waals surface area contributed by atoms with Crippen LogP contribution in [0.2, 0.25) is 0 Å². The molecule has 5 N–H and O–H groups in total. The Morgan fingerprint density at radius 1 is 1.32 bits per heavy atom. The Kier molecular flexibility index (Phi) is 9.16. The van der Waals surface area contributed by atoms with Gasteiger partial charge in [0.25, 0.3) is 0 Å². The number of rotatable bonds is 6. The molecule has 1 aliphatic rings. The average molecular weight is 274 g/mol. The van der Waals surface area contributed by atoms with Crippen LogP contribution in [0.3, 0.4) is 0 Å². The van der Waals surface area contributed by atoms with Crippen molar-refractivity contribution in [2.75, 3.05) is 6.54 Å². The number of carbonyl (C=O) groups excluding carboxylic acids is 1. The van der Waals surface area contributed by atoms with Gasteiger partial charge < -0.3 is 21.3 Å². The van der Waals surface area contributed by atoms with Crippen molar-refractivity contribution in [3.05, 3.63) is 0 Å². The van der Waals surface area contributed by atoms with Crippen LogP contribution < -0.4 is 11.1 Å². The van der Waals surface area contributed by atoms with Crippen molar-refractivity contribution >= 4 is 11.9 Å². The number of carbonyl (C=O) groups is 2. The van der Waals surface area contributed by atoms with E-state index in [-0.39, 0.29) is 5.92 Å². The van der Waals surface area contributed by atoms with Gasteiger partial charge in [0.05, 0.1) is 12.0 Å². The second-order valence-electron chi connectivity index (χ2n) is 4.80. The lowest BCUT2D eigenvalue weighted by Gasteiger charge is -2.08. The molecule has 2 atom stereocenters. The second-order valence-corrected chi connectivity index (χ2v) is 4.80. The first-order valence-electron chi connectivity index (χ1n) is 6.87. The first kappa shape index (κ1) is 17.9. The number of nitrogens with two attached hydrogens (primary N) is 1. The molecular weight excluding hydrogens is 248 g/mol. The maximum atomic E-state index is 10.5. The van der Waals surface area contributed by atoms with Gasteiger partial charge in [-0.3, -0.25) is 9.59 Å². The topological polar surface area (TPSA) is 113 Å². The highest BCUT2D eigenvalue weighted by Crippen LogP contribution is 2.12. The predicted molar refractivity (Wildman–Crippen MR) is 72.6 cm³/mol. The Labute approximate surface area is 114 Å². The number of primary amides is 1. The van der Waals surface area contributed by atoms with Gasteiger partial charge in [-0.2, -0.15) is 0 Å². The number of hydrogen-bond acceptors (Lipinski definition) is 4. The molecule has 19 heavy (non-hydrogen) atoms. The number of aliphatic hydroxyl groups excluding tert-OH is 1. The zero-order valence-electron chi connectivity index (χ0n) is 11.8. The van der Waals surface area contributed by atoms with E-state index in [1.807, 2.05) is 13.8 Å². The van der Waals surface area contributed by atoms with Gasteiger partial charge in [0, 0.05) is 0 Å². The summed E-state index contributed by atoms with van der Waals surface area (Å²) in [5, 5.41) is 20.4. The zero-order chi connectivity index (χ0) is 14.8. The fourth-order valence-electron chi connectivity index (χ4n) is 2.07. The Bertz CT molecular complexity index is 278. The summed E-state index contributed by atoms with van der Waals surface area (Å²) < 4.78 is 0. The van der Waals surface area contributed by atoms with E-state index in [0.717, 1.165) is 25.7 Å². The van der Waals surface area contributed by atoms with Crippen molar-refractivity contribution in [3.63, 3.8) is 0 Å². The monoisotopic (exact) mass is 274 g/mol. The highest BCUT2D eigenvalue weighted by Gasteiger charge is 2.28. The standard InChI is InChI=1S/C8H16O2.C5H10N2O2/c1-3-5-7(6-4-2)8(9)10;6-5(9)4-3(8)1-2-7-4/h7H,3-6H2,1-2H3,(H,9,10);3-4,7-8H,1-2H2,(H2,6,9)/t;3?,4-/m.0/s1. The van der Waals surface area contributed by atoms with E-state index in [1.54, 1.807) is 0 Å². The molecule has 0 saturated carbocycles. The number of amides is 1. The molecule has 0 radical (unpaired) electrons. The van der Waals surface area contributed by atoms with Gasteiger partial charge in [-0.15, -0.1) is 0 Å². The third-order valence-electron chi connectivity index (χ3n) is 3.12. The lowest BCUT2D eigenvalue weighted by atomic mass is 9.99. The van der Waals surface area contributed by atoms with E-state index in [1.165, 1.54) is 0 Å². The van der Waals surface area contributed by atoms with Crippen LogP contribution in [-0.2, 0) is 9.59 Å². The van der Waals surface area contributed by atoms with Gasteiger partial charge in [-0.1, -0.05) is 26.7 Å². The van der Waals surface area contributed by atoms with Crippen molar-refractivity contribution in [2.24, 2.45) is 11.7 Å². The molecule has 0 aromatic rings. The van der Waals surface area contributed by atoms with Crippen molar-refractivity contribution in [2.45, 2.75) is 58.1 Å². The Hall–Kier alpha value is -1.14. The molecule has 112 valence electrons. The summed E-state index contributed by atoms with van der Waals surface area (Å²) in [7, 11) is 0. The van der Waals surface area contributed by atoms with Crippen molar-refractivity contribution in [3.8, 4) is 0 Å². The van der Waals surface area contributed by atoms with Crippen molar-refractivity contribution in [1.29, 1.82) is 0 Å². The third kappa shape index (κ3) is 7.12. The smallest absolute Gasteiger partial charge is 0.306 e. The normalized spacial score (nSPS) is 21.9. The van der Waals surface area contributed by atoms with E-state index in [0.29, 0.717) is 13.0 Å². The number of aliphatic hydroxyl groups is 1. The minimum absolute atomic E-state index is 0.102. The molecule has 1 rings (SSSR count). The van der Waals surface area contributed by atoms with Crippen LogP contribution in [0.1, 0.15) is 46.0 Å². The van der Waals surface area contributed by atoms with Gasteiger partial charge in [0.1, 0.15) is 6.04 Å². The molecule has 1 saturated heterocycles. The van der Waals surface area contributed by atoms with Crippen LogP contribution in [-0.4, -0.2) is 40.8 Å². The predicted octanol–water partition coefficient (Wildman–Crippen LogP) is 0.482. The van der Waals surface area contributed by atoms with Crippen LogP contribution in [0.15, 0.2) is 0 Å². The van der Waals surface area contributed by atoms with Gasteiger partial charge in [-0.25, -0.2) is 0 Å². The van der Waals surface area contributed by atoms with E-state index in [9.17, 15) is 9.59 Å². The van der Waals surface area contributed by atoms with E-state index in [4.69, 9.17) is 15.9 Å². The van der Waals surface area contributed by atoms with Crippen LogP contribution in [0.5, 0.6) is 0 Å². The van der Waals surface area contributed by atoms with Crippen molar-refractivity contribution in [1.82, 2.24) is 5.32 Å². The summed E-state index contributed by atoms with van der Waals surface area (Å²) in [6.45, 7) is 4.71. The SMILES string of the molecule is CCCC(CCC)C(=O)O.NC(=O)[C@H]1NCCC1O. The molecule has 1 amide bonds. The van der Waals surface area contributed by atoms with Crippen LogP contribution >= 0.6 is 0 Å². The molecule has 0 spiro atoms. The van der Waals surface area contributed by atoms with Gasteiger partial charge >= 0.3 is 5.97 Å². The number of nitrogens with one attached hydrogen (secondary N) is 1. The summed E-state index contributed by atoms with van der Waals surface area (Å²) in [6.07, 6.45) is 3.62. The minimum atomic E-state index is -0.635. The van der Waals surface area contributed by atoms with Gasteiger partial charge in [0.15, 0.2) is 0 Å². The lowest BCUT2D eigenvalue weighted by molar-refractivity contribution is -0.142. The molecule has 6 heteroatoms. The molecule has 1 aliphatic heterocycles. The summed E-state index contributed by atoms with van der Waals surface area (Å²) in [5.74, 6) is -1.21. The number of carboxylic acid groups (broad SMARTS) is 1. The minimum Gasteiger partial charge on any atom is -0.481 e. The van der Waals surface area contributed by atoms with E-state index >= 15 is 0 Å². The highest BCUT2D eigenvalue weighted by molar-refractivity contribution is 5.80. The van der Waals surface area contributed by atoms with Gasteiger partial charge in [-0.05, 0) is 25.8 Å².